The Morgan fingerprint density at radius 2 is 1.86 bits per heavy atom. The molecule has 6 heteroatoms. The lowest BCUT2D eigenvalue weighted by molar-refractivity contribution is -0.178. The highest BCUT2D eigenvalue weighted by molar-refractivity contribution is 5.91. The van der Waals surface area contributed by atoms with E-state index in [0.29, 0.717) is 17.7 Å². The van der Waals surface area contributed by atoms with Gasteiger partial charge >= 0.3 is 11.9 Å². The molecule has 0 bridgehead atoms. The van der Waals surface area contributed by atoms with Gasteiger partial charge in [-0.05, 0) is 24.1 Å². The molecule has 0 spiro atoms. The second-order valence-corrected chi connectivity index (χ2v) is 6.69. The lowest BCUT2D eigenvalue weighted by Gasteiger charge is -2.27. The van der Waals surface area contributed by atoms with E-state index in [1.807, 2.05) is 37.3 Å². The van der Waals surface area contributed by atoms with Crippen LogP contribution in [0.25, 0.3) is 0 Å². The Morgan fingerprint density at radius 3 is 2.50 bits per heavy atom. The SMILES string of the molecule is CCCCC(=O)OC(=O)C1(c2ccc(OC)cc2)NC(c2ccccc2)CO1. The summed E-state index contributed by atoms with van der Waals surface area (Å²) in [5.74, 6) is -0.644. The van der Waals surface area contributed by atoms with Crippen molar-refractivity contribution in [2.24, 2.45) is 0 Å². The molecule has 1 aliphatic rings. The zero-order valence-corrected chi connectivity index (χ0v) is 16.1. The fraction of sp³-hybridized carbons (Fsp3) is 0.364. The number of nitrogens with one attached hydrogen (secondary N) is 1. The van der Waals surface area contributed by atoms with Gasteiger partial charge in [-0.25, -0.2) is 4.79 Å². The van der Waals surface area contributed by atoms with Gasteiger partial charge in [-0.15, -0.1) is 0 Å². The van der Waals surface area contributed by atoms with E-state index in [1.54, 1.807) is 31.4 Å². The van der Waals surface area contributed by atoms with Gasteiger partial charge in [0.15, 0.2) is 0 Å². The Morgan fingerprint density at radius 1 is 1.14 bits per heavy atom. The molecular weight excluding hydrogens is 358 g/mol. The highest BCUT2D eigenvalue weighted by Gasteiger charge is 2.50. The Labute approximate surface area is 164 Å². The number of benzene rings is 2. The smallest absolute Gasteiger partial charge is 0.366 e. The van der Waals surface area contributed by atoms with Crippen molar-refractivity contribution in [3.8, 4) is 5.75 Å². The van der Waals surface area contributed by atoms with E-state index < -0.39 is 17.7 Å². The van der Waals surface area contributed by atoms with Crippen LogP contribution in [0.1, 0.15) is 43.4 Å². The predicted octanol–water partition coefficient (Wildman–Crippen LogP) is 3.47. The third kappa shape index (κ3) is 4.24. The molecule has 2 aromatic rings. The first kappa shape index (κ1) is 20.0. The second-order valence-electron chi connectivity index (χ2n) is 6.69. The maximum Gasteiger partial charge on any atom is 0.366 e. The van der Waals surface area contributed by atoms with Crippen LogP contribution in [0, 0.1) is 0 Å². The number of hydrogen-bond acceptors (Lipinski definition) is 6. The molecular formula is C22H25NO5. The summed E-state index contributed by atoms with van der Waals surface area (Å²) in [6.45, 7) is 2.24. The van der Waals surface area contributed by atoms with E-state index in [2.05, 4.69) is 5.32 Å². The minimum absolute atomic E-state index is 0.197. The molecule has 2 unspecified atom stereocenters. The van der Waals surface area contributed by atoms with Crippen LogP contribution in [0.5, 0.6) is 5.75 Å². The number of hydrogen-bond donors (Lipinski definition) is 1. The van der Waals surface area contributed by atoms with Gasteiger partial charge < -0.3 is 14.2 Å². The standard InChI is InChI=1S/C22H25NO5/c1-3-4-10-20(24)28-21(25)22(17-11-13-18(26-2)14-12-17)23-19(15-27-22)16-8-6-5-7-9-16/h5-9,11-14,19,23H,3-4,10,15H2,1-2H3. The van der Waals surface area contributed by atoms with Crippen molar-refractivity contribution in [2.45, 2.75) is 38.0 Å². The fourth-order valence-corrected chi connectivity index (χ4v) is 3.18. The minimum Gasteiger partial charge on any atom is -0.497 e. The zero-order valence-electron chi connectivity index (χ0n) is 16.1. The summed E-state index contributed by atoms with van der Waals surface area (Å²) >= 11 is 0. The summed E-state index contributed by atoms with van der Waals surface area (Å²) in [6.07, 6.45) is 1.71. The summed E-state index contributed by atoms with van der Waals surface area (Å²) in [5.41, 5.74) is -0.00251. The Bertz CT molecular complexity index is 805. The number of methoxy groups -OCH3 is 1. The van der Waals surface area contributed by atoms with Crippen LogP contribution in [-0.4, -0.2) is 25.7 Å². The van der Waals surface area contributed by atoms with Crippen LogP contribution in [0.15, 0.2) is 54.6 Å². The van der Waals surface area contributed by atoms with E-state index in [4.69, 9.17) is 14.2 Å². The largest absolute Gasteiger partial charge is 0.497 e. The van der Waals surface area contributed by atoms with Crippen LogP contribution in [0.2, 0.25) is 0 Å². The molecule has 6 nitrogen and oxygen atoms in total. The average Bonchev–Trinajstić information content (AvgIpc) is 3.20. The third-order valence-corrected chi connectivity index (χ3v) is 4.77. The monoisotopic (exact) mass is 383 g/mol. The molecule has 2 atom stereocenters. The number of esters is 2. The molecule has 2 aromatic carbocycles. The first-order chi connectivity index (χ1) is 13.6. The highest BCUT2D eigenvalue weighted by Crippen LogP contribution is 2.36. The molecule has 1 heterocycles. The molecule has 1 saturated heterocycles. The van der Waals surface area contributed by atoms with E-state index in [1.165, 1.54) is 0 Å². The summed E-state index contributed by atoms with van der Waals surface area (Å²) in [4.78, 5) is 25.1. The van der Waals surface area contributed by atoms with Gasteiger partial charge in [-0.1, -0.05) is 55.8 Å². The van der Waals surface area contributed by atoms with E-state index >= 15 is 0 Å². The summed E-state index contributed by atoms with van der Waals surface area (Å²) in [5, 5.41) is 3.25. The Hall–Kier alpha value is -2.70. The molecule has 0 radical (unpaired) electrons. The van der Waals surface area contributed by atoms with Crippen molar-refractivity contribution >= 4 is 11.9 Å². The highest BCUT2D eigenvalue weighted by atomic mass is 16.6. The van der Waals surface area contributed by atoms with Gasteiger partial charge in [0, 0.05) is 12.0 Å². The fourth-order valence-electron chi connectivity index (χ4n) is 3.18. The molecule has 3 rings (SSSR count). The van der Waals surface area contributed by atoms with Gasteiger partial charge in [0.25, 0.3) is 0 Å². The maximum absolute atomic E-state index is 13.0. The van der Waals surface area contributed by atoms with E-state index in [9.17, 15) is 9.59 Å². The quantitative estimate of drug-likeness (QED) is 0.583. The molecule has 148 valence electrons. The predicted molar refractivity (Wildman–Crippen MR) is 104 cm³/mol. The van der Waals surface area contributed by atoms with Gasteiger partial charge in [0.2, 0.25) is 5.72 Å². The van der Waals surface area contributed by atoms with Crippen molar-refractivity contribution in [3.63, 3.8) is 0 Å². The van der Waals surface area contributed by atoms with Crippen LogP contribution in [0.4, 0.5) is 0 Å². The molecule has 1 N–H and O–H groups in total. The molecule has 0 saturated carbocycles. The molecule has 28 heavy (non-hydrogen) atoms. The number of rotatable bonds is 7. The zero-order chi connectivity index (χ0) is 20.0. The van der Waals surface area contributed by atoms with Crippen molar-refractivity contribution in [2.75, 3.05) is 13.7 Å². The molecule has 1 fully saturated rings. The summed E-state index contributed by atoms with van der Waals surface area (Å²) in [7, 11) is 1.57. The van der Waals surface area contributed by atoms with E-state index in [-0.39, 0.29) is 19.1 Å². The third-order valence-electron chi connectivity index (χ3n) is 4.77. The number of carbonyl (C=O) groups excluding carboxylic acids is 2. The van der Waals surface area contributed by atoms with Gasteiger partial charge in [-0.2, -0.15) is 0 Å². The summed E-state index contributed by atoms with van der Waals surface area (Å²) in [6, 6.07) is 16.4. The van der Waals surface area contributed by atoms with Crippen LogP contribution in [-0.2, 0) is 24.8 Å². The Kier molecular flexibility index (Phi) is 6.44. The summed E-state index contributed by atoms with van der Waals surface area (Å²) < 4.78 is 16.3. The molecule has 0 aliphatic carbocycles. The first-order valence-corrected chi connectivity index (χ1v) is 9.45. The maximum atomic E-state index is 13.0. The van der Waals surface area contributed by atoms with Crippen LogP contribution in [0.3, 0.4) is 0 Å². The molecule has 1 aliphatic heterocycles. The lowest BCUT2D eigenvalue weighted by Crippen LogP contribution is -2.48. The average molecular weight is 383 g/mol. The van der Waals surface area contributed by atoms with Crippen LogP contribution >= 0.6 is 0 Å². The van der Waals surface area contributed by atoms with Crippen molar-refractivity contribution < 1.29 is 23.8 Å². The number of carbonyl (C=O) groups is 2. The van der Waals surface area contributed by atoms with Gasteiger partial charge in [0.1, 0.15) is 5.75 Å². The van der Waals surface area contributed by atoms with Crippen molar-refractivity contribution in [3.05, 3.63) is 65.7 Å². The number of unbranched alkanes of at least 4 members (excludes halogenated alkanes) is 1. The van der Waals surface area contributed by atoms with Gasteiger partial charge in [0.05, 0.1) is 19.8 Å². The molecule has 0 amide bonds. The topological polar surface area (TPSA) is 73.9 Å². The minimum atomic E-state index is -1.55. The lowest BCUT2D eigenvalue weighted by atomic mass is 10.0. The Balaban J connectivity index is 1.88. The van der Waals surface area contributed by atoms with Gasteiger partial charge in [-0.3, -0.25) is 10.1 Å². The second kappa shape index (κ2) is 8.99. The molecule has 0 aromatic heterocycles. The van der Waals surface area contributed by atoms with E-state index in [0.717, 1.165) is 12.0 Å². The van der Waals surface area contributed by atoms with Crippen LogP contribution < -0.4 is 10.1 Å². The normalized spacial score (nSPS) is 21.3. The van der Waals surface area contributed by atoms with Crippen molar-refractivity contribution in [1.29, 1.82) is 0 Å². The number of ether oxygens (including phenoxy) is 3. The first-order valence-electron chi connectivity index (χ1n) is 9.45. The van der Waals surface area contributed by atoms with Crippen molar-refractivity contribution in [1.82, 2.24) is 5.32 Å².